The van der Waals surface area contributed by atoms with Gasteiger partial charge in [0.15, 0.2) is 0 Å². The molecule has 0 spiro atoms. The average Bonchev–Trinajstić information content (AvgIpc) is 2.57. The van der Waals surface area contributed by atoms with E-state index >= 15 is 0 Å². The fraction of sp³-hybridized carbons (Fsp3) is 0.176. The molecule has 24 heavy (non-hydrogen) atoms. The number of benzene rings is 2. The van der Waals surface area contributed by atoms with Crippen LogP contribution in [0.1, 0.15) is 12.5 Å². The molecule has 2 aromatic carbocycles. The largest absolute Gasteiger partial charge is 0.496 e. The Balaban J connectivity index is 1.95. The van der Waals surface area contributed by atoms with Crippen LogP contribution in [0, 0.1) is 0 Å². The Morgan fingerprint density at radius 2 is 2.00 bits per heavy atom. The van der Waals surface area contributed by atoms with E-state index in [-0.39, 0.29) is 5.91 Å². The molecule has 0 unspecified atom stereocenters. The molecule has 0 bridgehead atoms. The predicted octanol–water partition coefficient (Wildman–Crippen LogP) is 4.38. The number of carbonyl (C=O) groups is 1. The van der Waals surface area contributed by atoms with E-state index in [1.54, 1.807) is 38.3 Å². The van der Waals surface area contributed by atoms with Crippen LogP contribution in [0.15, 0.2) is 47.6 Å². The number of nitrogens with zero attached hydrogens (tertiary/aromatic N) is 1. The second-order valence-corrected chi connectivity index (χ2v) is 5.68. The SMILES string of the molecule is COc1ccccc1/C=N\O[C@@H](C)C(=O)Nc1ccc(Cl)cc1Cl. The molecule has 7 heteroatoms. The summed E-state index contributed by atoms with van der Waals surface area (Å²) in [6.45, 7) is 1.58. The first-order chi connectivity index (χ1) is 11.5. The van der Waals surface area contributed by atoms with Crippen molar-refractivity contribution in [3.05, 3.63) is 58.1 Å². The Morgan fingerprint density at radius 3 is 2.71 bits per heavy atom. The topological polar surface area (TPSA) is 59.9 Å². The summed E-state index contributed by atoms with van der Waals surface area (Å²) in [5.41, 5.74) is 1.20. The lowest BCUT2D eigenvalue weighted by Gasteiger charge is -2.11. The number of halogens is 2. The quantitative estimate of drug-likeness (QED) is 0.609. The van der Waals surface area contributed by atoms with Crippen molar-refractivity contribution in [1.29, 1.82) is 0 Å². The second-order valence-electron chi connectivity index (χ2n) is 4.84. The summed E-state index contributed by atoms with van der Waals surface area (Å²) >= 11 is 11.8. The van der Waals surface area contributed by atoms with Gasteiger partial charge in [-0.2, -0.15) is 0 Å². The molecule has 0 aliphatic rings. The van der Waals surface area contributed by atoms with Crippen molar-refractivity contribution in [3.63, 3.8) is 0 Å². The first-order valence-corrected chi connectivity index (χ1v) is 7.85. The molecule has 0 aliphatic heterocycles. The number of amides is 1. The average molecular weight is 367 g/mol. The minimum Gasteiger partial charge on any atom is -0.496 e. The Hall–Kier alpha value is -2.24. The summed E-state index contributed by atoms with van der Waals surface area (Å²) < 4.78 is 5.20. The third-order valence-electron chi connectivity index (χ3n) is 3.11. The highest BCUT2D eigenvalue weighted by molar-refractivity contribution is 6.36. The third-order valence-corrected chi connectivity index (χ3v) is 3.66. The molecular formula is C17H16Cl2N2O3. The van der Waals surface area contributed by atoms with E-state index < -0.39 is 6.10 Å². The molecule has 2 aromatic rings. The Bertz CT molecular complexity index is 750. The second kappa shape index (κ2) is 8.57. The zero-order valence-electron chi connectivity index (χ0n) is 13.1. The Kier molecular flexibility index (Phi) is 6.46. The molecule has 0 aromatic heterocycles. The van der Waals surface area contributed by atoms with Crippen LogP contribution in [0.4, 0.5) is 5.69 Å². The molecule has 0 fully saturated rings. The maximum atomic E-state index is 12.1. The highest BCUT2D eigenvalue weighted by Crippen LogP contribution is 2.25. The molecule has 0 aliphatic carbocycles. The van der Waals surface area contributed by atoms with E-state index in [1.165, 1.54) is 6.21 Å². The smallest absolute Gasteiger partial charge is 0.268 e. The summed E-state index contributed by atoms with van der Waals surface area (Å²) in [7, 11) is 1.57. The molecule has 5 nitrogen and oxygen atoms in total. The molecule has 126 valence electrons. The summed E-state index contributed by atoms with van der Waals surface area (Å²) in [4.78, 5) is 17.3. The minimum atomic E-state index is -0.803. The van der Waals surface area contributed by atoms with Crippen LogP contribution in [0.2, 0.25) is 10.0 Å². The molecule has 2 rings (SSSR count). The molecule has 1 atom stereocenters. The van der Waals surface area contributed by atoms with Crippen molar-refractivity contribution in [1.82, 2.24) is 0 Å². The number of oxime groups is 1. The van der Waals surface area contributed by atoms with Gasteiger partial charge in [0.2, 0.25) is 6.10 Å². The number of hydrogen-bond donors (Lipinski definition) is 1. The number of ether oxygens (including phenoxy) is 1. The molecule has 0 saturated carbocycles. The van der Waals surface area contributed by atoms with Gasteiger partial charge in [-0.15, -0.1) is 0 Å². The lowest BCUT2D eigenvalue weighted by atomic mass is 10.2. The van der Waals surface area contributed by atoms with Crippen molar-refractivity contribution in [2.24, 2.45) is 5.16 Å². The summed E-state index contributed by atoms with van der Waals surface area (Å²) in [5, 5.41) is 7.32. The van der Waals surface area contributed by atoms with Gasteiger partial charge < -0.3 is 14.9 Å². The standard InChI is InChI=1S/C17H16Cl2N2O3/c1-11(17(22)21-15-8-7-13(18)9-14(15)19)24-20-10-12-5-3-4-6-16(12)23-2/h3-11H,1-2H3,(H,21,22)/b20-10-/t11-/m0/s1. The van der Waals surface area contributed by atoms with Gasteiger partial charge in [-0.1, -0.05) is 40.5 Å². The molecule has 0 saturated heterocycles. The van der Waals surface area contributed by atoms with E-state index in [2.05, 4.69) is 10.5 Å². The van der Waals surface area contributed by atoms with E-state index in [9.17, 15) is 4.79 Å². The zero-order chi connectivity index (χ0) is 17.5. The molecule has 1 N–H and O–H groups in total. The van der Waals surface area contributed by atoms with Gasteiger partial charge in [-0.3, -0.25) is 4.79 Å². The third kappa shape index (κ3) is 4.88. The minimum absolute atomic E-state index is 0.348. The van der Waals surface area contributed by atoms with Crippen LogP contribution in [-0.2, 0) is 9.63 Å². The fourth-order valence-corrected chi connectivity index (χ4v) is 2.28. The highest BCUT2D eigenvalue weighted by atomic mass is 35.5. The van der Waals surface area contributed by atoms with Gasteiger partial charge in [-0.05, 0) is 37.3 Å². The van der Waals surface area contributed by atoms with Crippen molar-refractivity contribution >= 4 is 41.0 Å². The number of anilines is 1. The van der Waals surface area contributed by atoms with Gasteiger partial charge in [0.25, 0.3) is 5.91 Å². The van der Waals surface area contributed by atoms with E-state index in [1.807, 2.05) is 18.2 Å². The highest BCUT2D eigenvalue weighted by Gasteiger charge is 2.15. The molecular weight excluding hydrogens is 351 g/mol. The van der Waals surface area contributed by atoms with Crippen LogP contribution >= 0.6 is 23.2 Å². The summed E-state index contributed by atoms with van der Waals surface area (Å²) in [5.74, 6) is 0.284. The van der Waals surface area contributed by atoms with Gasteiger partial charge in [0.05, 0.1) is 24.0 Å². The van der Waals surface area contributed by atoms with E-state index in [0.717, 1.165) is 5.56 Å². The van der Waals surface area contributed by atoms with Gasteiger partial charge in [-0.25, -0.2) is 0 Å². The Morgan fingerprint density at radius 1 is 1.25 bits per heavy atom. The van der Waals surface area contributed by atoms with Crippen molar-refractivity contribution in [3.8, 4) is 5.75 Å². The molecule has 0 heterocycles. The van der Waals surface area contributed by atoms with Gasteiger partial charge >= 0.3 is 0 Å². The van der Waals surface area contributed by atoms with Crippen LogP contribution in [0.5, 0.6) is 5.75 Å². The maximum Gasteiger partial charge on any atom is 0.268 e. The van der Waals surface area contributed by atoms with Crippen LogP contribution < -0.4 is 10.1 Å². The first-order valence-electron chi connectivity index (χ1n) is 7.09. The van der Waals surface area contributed by atoms with Crippen molar-refractivity contribution < 1.29 is 14.4 Å². The summed E-state index contributed by atoms with van der Waals surface area (Å²) in [6, 6.07) is 12.1. The zero-order valence-corrected chi connectivity index (χ0v) is 14.6. The first kappa shape index (κ1) is 18.1. The van der Waals surface area contributed by atoms with Crippen LogP contribution in [0.3, 0.4) is 0 Å². The van der Waals surface area contributed by atoms with E-state index in [4.69, 9.17) is 32.8 Å². The monoisotopic (exact) mass is 366 g/mol. The van der Waals surface area contributed by atoms with Crippen molar-refractivity contribution in [2.45, 2.75) is 13.0 Å². The predicted molar refractivity (Wildman–Crippen MR) is 96.2 cm³/mol. The van der Waals surface area contributed by atoms with Crippen LogP contribution in [-0.4, -0.2) is 25.3 Å². The number of para-hydroxylation sites is 1. The van der Waals surface area contributed by atoms with Crippen molar-refractivity contribution in [2.75, 3.05) is 12.4 Å². The molecule has 0 radical (unpaired) electrons. The maximum absolute atomic E-state index is 12.1. The Labute approximate surface area is 150 Å². The van der Waals surface area contributed by atoms with E-state index in [0.29, 0.717) is 21.5 Å². The normalized spacial score (nSPS) is 12.0. The lowest BCUT2D eigenvalue weighted by Crippen LogP contribution is -2.26. The van der Waals surface area contributed by atoms with Crippen LogP contribution in [0.25, 0.3) is 0 Å². The number of rotatable bonds is 6. The number of carbonyl (C=O) groups excluding carboxylic acids is 1. The fourth-order valence-electron chi connectivity index (χ4n) is 1.82. The number of nitrogens with one attached hydrogen (secondary N) is 1. The van der Waals surface area contributed by atoms with Gasteiger partial charge in [0, 0.05) is 10.6 Å². The van der Waals surface area contributed by atoms with Gasteiger partial charge in [0.1, 0.15) is 5.75 Å². The molecule has 1 amide bonds. The number of hydrogen-bond acceptors (Lipinski definition) is 4. The number of methoxy groups -OCH3 is 1. The lowest BCUT2D eigenvalue weighted by molar-refractivity contribution is -0.126. The summed E-state index contributed by atoms with van der Waals surface area (Å²) in [6.07, 6.45) is 0.681.